The average Bonchev–Trinajstić information content (AvgIpc) is 2.95. The minimum atomic E-state index is -0.880. The Kier molecular flexibility index (Phi) is 4.37. The molecule has 2 rings (SSSR count). The molecule has 0 aliphatic rings. The molecule has 0 saturated carbocycles. The zero-order chi connectivity index (χ0) is 16.4. The Morgan fingerprint density at radius 3 is 2.45 bits per heavy atom. The van der Waals surface area contributed by atoms with Crippen LogP contribution in [0.2, 0.25) is 0 Å². The lowest BCUT2D eigenvalue weighted by Gasteiger charge is -2.39. The van der Waals surface area contributed by atoms with Gasteiger partial charge in [0.25, 0.3) is 0 Å². The van der Waals surface area contributed by atoms with Crippen LogP contribution in [0.25, 0.3) is 11.4 Å². The molecule has 5 heteroatoms. The zero-order valence-corrected chi connectivity index (χ0v) is 13.5. The highest BCUT2D eigenvalue weighted by atomic mass is 16.4. The summed E-state index contributed by atoms with van der Waals surface area (Å²) in [5.74, 6) is -0.00714. The molecule has 1 heterocycles. The summed E-state index contributed by atoms with van der Waals surface area (Å²) in [4.78, 5) is 19.0. The third kappa shape index (κ3) is 3.20. The molecule has 22 heavy (non-hydrogen) atoms. The summed E-state index contributed by atoms with van der Waals surface area (Å²) in [5, 5.41) is 12.7. The van der Waals surface area contributed by atoms with E-state index in [2.05, 4.69) is 15.3 Å². The predicted octanol–water partition coefficient (Wildman–Crippen LogP) is 3.06. The van der Waals surface area contributed by atoms with Gasteiger partial charge in [-0.25, -0.2) is 4.98 Å². The van der Waals surface area contributed by atoms with E-state index in [1.165, 1.54) is 0 Å². The van der Waals surface area contributed by atoms with E-state index in [0.29, 0.717) is 6.54 Å². The summed E-state index contributed by atoms with van der Waals surface area (Å²) in [7, 11) is 0. The van der Waals surface area contributed by atoms with Gasteiger partial charge in [-0.05, 0) is 27.7 Å². The molecular weight excluding hydrogens is 278 g/mol. The van der Waals surface area contributed by atoms with Crippen LogP contribution in [0.1, 0.15) is 33.4 Å². The number of imidazole rings is 1. The third-order valence-electron chi connectivity index (χ3n) is 4.49. The van der Waals surface area contributed by atoms with Crippen LogP contribution in [0.3, 0.4) is 0 Å². The van der Waals surface area contributed by atoms with Gasteiger partial charge in [0.15, 0.2) is 0 Å². The number of hydrogen-bond acceptors (Lipinski definition) is 3. The zero-order valence-electron chi connectivity index (χ0n) is 13.5. The molecule has 0 aliphatic carbocycles. The quantitative estimate of drug-likeness (QED) is 0.766. The summed E-state index contributed by atoms with van der Waals surface area (Å²) in [6.45, 7) is 7.78. The van der Waals surface area contributed by atoms with Gasteiger partial charge in [-0.15, -0.1) is 0 Å². The van der Waals surface area contributed by atoms with E-state index in [0.717, 1.165) is 17.1 Å². The molecule has 1 aromatic heterocycles. The maximum Gasteiger partial charge on any atom is 0.310 e. The van der Waals surface area contributed by atoms with Gasteiger partial charge in [0, 0.05) is 29.5 Å². The second-order valence-electron chi connectivity index (χ2n) is 6.53. The van der Waals surface area contributed by atoms with Crippen molar-refractivity contribution in [1.82, 2.24) is 15.3 Å². The monoisotopic (exact) mass is 301 g/mol. The SMILES string of the molecule is CC(C)(NCc1cnc(-c2ccccc2)[nH]1)C(C)(C)C(=O)O. The first kappa shape index (κ1) is 16.2. The van der Waals surface area contributed by atoms with E-state index in [-0.39, 0.29) is 0 Å². The van der Waals surface area contributed by atoms with E-state index in [4.69, 9.17) is 0 Å². The number of H-pyrrole nitrogens is 1. The molecule has 0 saturated heterocycles. The standard InChI is InChI=1S/C17H23N3O2/c1-16(2,15(21)22)17(3,4)19-11-13-10-18-14(20-13)12-8-6-5-7-9-12/h5-10,19H,11H2,1-4H3,(H,18,20)(H,21,22). The van der Waals surface area contributed by atoms with E-state index >= 15 is 0 Å². The maximum atomic E-state index is 11.4. The number of carbonyl (C=O) groups is 1. The first-order valence-electron chi connectivity index (χ1n) is 7.32. The molecule has 0 radical (unpaired) electrons. The predicted molar refractivity (Wildman–Crippen MR) is 86.4 cm³/mol. The topological polar surface area (TPSA) is 78.0 Å². The van der Waals surface area contributed by atoms with Crippen LogP contribution >= 0.6 is 0 Å². The fraction of sp³-hybridized carbons (Fsp3) is 0.412. The molecule has 0 bridgehead atoms. The summed E-state index contributed by atoms with van der Waals surface area (Å²) >= 11 is 0. The van der Waals surface area contributed by atoms with Crippen molar-refractivity contribution in [2.24, 2.45) is 5.41 Å². The van der Waals surface area contributed by atoms with E-state index in [9.17, 15) is 9.90 Å². The molecule has 118 valence electrons. The Hall–Kier alpha value is -2.14. The lowest BCUT2D eigenvalue weighted by molar-refractivity contribution is -0.151. The van der Waals surface area contributed by atoms with Crippen LogP contribution in [0, 0.1) is 5.41 Å². The lowest BCUT2D eigenvalue weighted by atomic mass is 9.74. The summed E-state index contributed by atoms with van der Waals surface area (Å²) in [6.07, 6.45) is 1.78. The number of nitrogens with zero attached hydrogens (tertiary/aromatic N) is 1. The first-order valence-corrected chi connectivity index (χ1v) is 7.32. The fourth-order valence-electron chi connectivity index (χ4n) is 2.00. The van der Waals surface area contributed by atoms with Crippen LogP contribution in [-0.2, 0) is 11.3 Å². The summed E-state index contributed by atoms with van der Waals surface area (Å²) in [6, 6.07) is 9.88. The number of benzene rings is 1. The molecule has 0 spiro atoms. The van der Waals surface area contributed by atoms with E-state index in [1.54, 1.807) is 20.0 Å². The van der Waals surface area contributed by atoms with Gasteiger partial charge < -0.3 is 15.4 Å². The summed E-state index contributed by atoms with van der Waals surface area (Å²) in [5.41, 5.74) is 0.513. The Labute approximate surface area is 130 Å². The molecule has 0 unspecified atom stereocenters. The number of hydrogen-bond donors (Lipinski definition) is 3. The van der Waals surface area contributed by atoms with Gasteiger partial charge in [0.05, 0.1) is 5.41 Å². The smallest absolute Gasteiger partial charge is 0.310 e. The highest BCUT2D eigenvalue weighted by Gasteiger charge is 2.43. The summed E-state index contributed by atoms with van der Waals surface area (Å²) < 4.78 is 0. The van der Waals surface area contributed by atoms with Crippen LogP contribution < -0.4 is 5.32 Å². The highest BCUT2D eigenvalue weighted by molar-refractivity contribution is 5.75. The Bertz CT molecular complexity index is 645. The van der Waals surface area contributed by atoms with E-state index in [1.807, 2.05) is 44.2 Å². The van der Waals surface area contributed by atoms with Crippen molar-refractivity contribution >= 4 is 5.97 Å². The number of nitrogens with one attached hydrogen (secondary N) is 2. The molecule has 3 N–H and O–H groups in total. The van der Waals surface area contributed by atoms with Crippen LogP contribution in [-0.4, -0.2) is 26.6 Å². The molecule has 2 aromatic rings. The number of aliphatic carboxylic acids is 1. The molecule has 1 aromatic carbocycles. The van der Waals surface area contributed by atoms with Crippen LogP contribution in [0.15, 0.2) is 36.5 Å². The van der Waals surface area contributed by atoms with Gasteiger partial charge >= 0.3 is 5.97 Å². The Morgan fingerprint density at radius 1 is 1.23 bits per heavy atom. The van der Waals surface area contributed by atoms with Gasteiger partial charge in [-0.2, -0.15) is 0 Å². The minimum absolute atomic E-state index is 0.531. The molecule has 0 aliphatic heterocycles. The number of carboxylic acid groups (broad SMARTS) is 1. The van der Waals surface area contributed by atoms with Gasteiger partial charge in [-0.3, -0.25) is 4.79 Å². The molecule has 0 fully saturated rings. The first-order chi connectivity index (χ1) is 10.2. The van der Waals surface area contributed by atoms with Crippen molar-refractivity contribution in [3.63, 3.8) is 0 Å². The fourth-order valence-corrected chi connectivity index (χ4v) is 2.00. The van der Waals surface area contributed by atoms with Crippen molar-refractivity contribution < 1.29 is 9.90 Å². The lowest BCUT2D eigenvalue weighted by Crippen LogP contribution is -2.54. The van der Waals surface area contributed by atoms with Crippen molar-refractivity contribution in [3.8, 4) is 11.4 Å². The molecule has 0 amide bonds. The van der Waals surface area contributed by atoms with Crippen molar-refractivity contribution in [2.75, 3.05) is 0 Å². The largest absolute Gasteiger partial charge is 0.481 e. The molecule has 5 nitrogen and oxygen atoms in total. The Morgan fingerprint density at radius 2 is 1.86 bits per heavy atom. The number of rotatable bonds is 6. The minimum Gasteiger partial charge on any atom is -0.481 e. The second-order valence-corrected chi connectivity index (χ2v) is 6.53. The number of aromatic amines is 1. The molecular formula is C17H23N3O2. The van der Waals surface area contributed by atoms with E-state index < -0.39 is 16.9 Å². The number of carboxylic acids is 1. The third-order valence-corrected chi connectivity index (χ3v) is 4.49. The van der Waals surface area contributed by atoms with Gasteiger partial charge in [-0.1, -0.05) is 30.3 Å². The van der Waals surface area contributed by atoms with Gasteiger partial charge in [0.2, 0.25) is 0 Å². The number of aromatic nitrogens is 2. The highest BCUT2D eigenvalue weighted by Crippen LogP contribution is 2.31. The average molecular weight is 301 g/mol. The molecule has 0 atom stereocenters. The van der Waals surface area contributed by atoms with Crippen LogP contribution in [0.5, 0.6) is 0 Å². The van der Waals surface area contributed by atoms with Crippen LogP contribution in [0.4, 0.5) is 0 Å². The maximum absolute atomic E-state index is 11.4. The van der Waals surface area contributed by atoms with Crippen molar-refractivity contribution in [2.45, 2.75) is 39.8 Å². The second kappa shape index (κ2) is 5.93. The van der Waals surface area contributed by atoms with Crippen molar-refractivity contribution in [3.05, 3.63) is 42.2 Å². The van der Waals surface area contributed by atoms with Gasteiger partial charge in [0.1, 0.15) is 5.82 Å². The Balaban J connectivity index is 2.07. The normalized spacial score (nSPS) is 12.4. The van der Waals surface area contributed by atoms with Crippen molar-refractivity contribution in [1.29, 1.82) is 0 Å².